The van der Waals surface area contributed by atoms with E-state index in [9.17, 15) is 4.79 Å². The number of methoxy groups -OCH3 is 1. The molecule has 0 fully saturated rings. The summed E-state index contributed by atoms with van der Waals surface area (Å²) in [6.45, 7) is 10.2. The summed E-state index contributed by atoms with van der Waals surface area (Å²) in [6.07, 6.45) is 1.78. The van der Waals surface area contributed by atoms with Crippen LogP contribution in [0.1, 0.15) is 13.3 Å². The summed E-state index contributed by atoms with van der Waals surface area (Å²) in [5, 5.41) is 0. The van der Waals surface area contributed by atoms with Crippen LogP contribution in [0.5, 0.6) is 0 Å². The summed E-state index contributed by atoms with van der Waals surface area (Å²) in [6, 6.07) is 1.12. The summed E-state index contributed by atoms with van der Waals surface area (Å²) in [5.41, 5.74) is 0.461. The number of carbonyl (C=O) groups is 1. The van der Waals surface area contributed by atoms with Crippen LogP contribution in [0.2, 0.25) is 19.1 Å². The molecular formula is C11H22O3Si. The average Bonchev–Trinajstić information content (AvgIpc) is 2.11. The second-order valence-electron chi connectivity index (χ2n) is 4.62. The molecule has 0 bridgehead atoms. The largest absolute Gasteiger partial charge is 0.462 e. The van der Waals surface area contributed by atoms with Gasteiger partial charge in [-0.2, -0.15) is 0 Å². The number of rotatable bonds is 7. The molecule has 0 aliphatic rings. The van der Waals surface area contributed by atoms with Crippen LogP contribution in [0.25, 0.3) is 0 Å². The smallest absolute Gasteiger partial charge is 0.333 e. The van der Waals surface area contributed by atoms with Gasteiger partial charge in [-0.05, 0) is 13.3 Å². The van der Waals surface area contributed by atoms with Crippen molar-refractivity contribution in [3.05, 3.63) is 12.2 Å². The highest BCUT2D eigenvalue weighted by molar-refractivity contribution is 6.77. The van der Waals surface area contributed by atoms with Crippen molar-refractivity contribution in [2.24, 2.45) is 0 Å². The van der Waals surface area contributed by atoms with Gasteiger partial charge in [-0.1, -0.05) is 25.7 Å². The van der Waals surface area contributed by atoms with Crippen molar-refractivity contribution in [3.63, 3.8) is 0 Å². The number of esters is 1. The Morgan fingerprint density at radius 2 is 2.00 bits per heavy atom. The molecule has 0 rings (SSSR count). The van der Waals surface area contributed by atoms with Crippen LogP contribution < -0.4 is 0 Å². The van der Waals surface area contributed by atoms with Gasteiger partial charge in [0.25, 0.3) is 0 Å². The second kappa shape index (κ2) is 6.79. The minimum atomic E-state index is -1.24. The van der Waals surface area contributed by atoms with Crippen molar-refractivity contribution in [3.8, 4) is 0 Å². The first kappa shape index (κ1) is 14.4. The normalized spacial score (nSPS) is 11.2. The highest BCUT2D eigenvalue weighted by atomic mass is 28.3. The van der Waals surface area contributed by atoms with Crippen molar-refractivity contribution < 1.29 is 14.3 Å². The maximum Gasteiger partial charge on any atom is 0.333 e. The molecule has 0 aliphatic heterocycles. The van der Waals surface area contributed by atoms with Crippen LogP contribution in [-0.4, -0.2) is 34.0 Å². The highest BCUT2D eigenvalue weighted by Crippen LogP contribution is 2.12. The van der Waals surface area contributed by atoms with Gasteiger partial charge < -0.3 is 9.47 Å². The van der Waals surface area contributed by atoms with Gasteiger partial charge in [0.2, 0.25) is 0 Å². The molecule has 0 aliphatic carbocycles. The molecule has 0 aromatic carbocycles. The zero-order valence-corrected chi connectivity index (χ0v) is 11.3. The standard InChI is InChI=1S/C11H22O3Si/c1-10(2)11(12)14-7-6-8-15(4,5)9-13-3/h1,6-9H2,2-5H3. The average molecular weight is 230 g/mol. The second-order valence-corrected chi connectivity index (χ2v) is 9.73. The Kier molecular flexibility index (Phi) is 6.52. The third-order valence-electron chi connectivity index (χ3n) is 2.11. The lowest BCUT2D eigenvalue weighted by Crippen LogP contribution is -2.32. The van der Waals surface area contributed by atoms with E-state index in [2.05, 4.69) is 19.7 Å². The Morgan fingerprint density at radius 1 is 1.40 bits per heavy atom. The molecule has 0 amide bonds. The lowest BCUT2D eigenvalue weighted by molar-refractivity contribution is -0.138. The van der Waals surface area contributed by atoms with E-state index in [1.807, 2.05) is 0 Å². The Morgan fingerprint density at radius 3 is 2.47 bits per heavy atom. The third kappa shape index (κ3) is 7.33. The number of hydrogen-bond acceptors (Lipinski definition) is 3. The van der Waals surface area contributed by atoms with E-state index in [1.165, 1.54) is 0 Å². The molecule has 0 saturated heterocycles. The summed E-state index contributed by atoms with van der Waals surface area (Å²) in [4.78, 5) is 11.1. The van der Waals surface area contributed by atoms with Crippen molar-refractivity contribution in [2.75, 3.05) is 19.9 Å². The molecular weight excluding hydrogens is 208 g/mol. The Labute approximate surface area is 93.5 Å². The minimum Gasteiger partial charge on any atom is -0.462 e. The molecule has 0 atom stereocenters. The molecule has 0 unspecified atom stereocenters. The zero-order chi connectivity index (χ0) is 11.9. The molecule has 3 nitrogen and oxygen atoms in total. The molecule has 4 heteroatoms. The predicted molar refractivity (Wildman–Crippen MR) is 64.6 cm³/mol. The summed E-state index contributed by atoms with van der Waals surface area (Å²) in [5.74, 6) is -0.291. The fourth-order valence-corrected chi connectivity index (χ4v) is 3.33. The molecule has 0 aromatic rings. The SMILES string of the molecule is C=C(C)C(=O)OCCC[Si](C)(C)COC. The van der Waals surface area contributed by atoms with Gasteiger partial charge in [0, 0.05) is 18.9 Å². The van der Waals surface area contributed by atoms with Crippen LogP contribution in [0.4, 0.5) is 0 Å². The van der Waals surface area contributed by atoms with Gasteiger partial charge in [-0.15, -0.1) is 0 Å². The molecule has 0 spiro atoms. The first-order valence-corrected chi connectivity index (χ1v) is 8.62. The molecule has 0 radical (unpaired) electrons. The fourth-order valence-electron chi connectivity index (χ4n) is 1.30. The van der Waals surface area contributed by atoms with Crippen LogP contribution in [-0.2, 0) is 14.3 Å². The van der Waals surface area contributed by atoms with E-state index in [4.69, 9.17) is 9.47 Å². The summed E-state index contributed by atoms with van der Waals surface area (Å²) in [7, 11) is 0.494. The molecule has 0 aromatic heterocycles. The number of carbonyl (C=O) groups excluding carboxylic acids is 1. The molecule has 0 N–H and O–H groups in total. The number of ether oxygens (including phenoxy) is 2. The van der Waals surface area contributed by atoms with E-state index in [0.717, 1.165) is 18.7 Å². The quantitative estimate of drug-likeness (QED) is 0.291. The van der Waals surface area contributed by atoms with E-state index >= 15 is 0 Å². The Bertz CT molecular complexity index is 224. The van der Waals surface area contributed by atoms with Crippen molar-refractivity contribution in [2.45, 2.75) is 32.5 Å². The zero-order valence-electron chi connectivity index (χ0n) is 10.3. The van der Waals surface area contributed by atoms with Gasteiger partial charge in [-0.25, -0.2) is 4.79 Å². The lowest BCUT2D eigenvalue weighted by atomic mass is 10.4. The minimum absolute atomic E-state index is 0.291. The van der Waals surface area contributed by atoms with Crippen molar-refractivity contribution in [1.82, 2.24) is 0 Å². The maximum atomic E-state index is 11.1. The van der Waals surface area contributed by atoms with E-state index < -0.39 is 8.07 Å². The lowest BCUT2D eigenvalue weighted by Gasteiger charge is -2.20. The molecule has 15 heavy (non-hydrogen) atoms. The highest BCUT2D eigenvalue weighted by Gasteiger charge is 2.19. The molecule has 88 valence electrons. The van der Waals surface area contributed by atoms with Gasteiger partial charge in [0.1, 0.15) is 0 Å². The first-order valence-electron chi connectivity index (χ1n) is 5.20. The van der Waals surface area contributed by atoms with E-state index in [0.29, 0.717) is 12.2 Å². The summed E-state index contributed by atoms with van der Waals surface area (Å²) < 4.78 is 10.2. The maximum absolute atomic E-state index is 11.1. The van der Waals surface area contributed by atoms with Gasteiger partial charge >= 0.3 is 5.97 Å². The van der Waals surface area contributed by atoms with Gasteiger partial charge in [0.05, 0.1) is 14.7 Å². The summed E-state index contributed by atoms with van der Waals surface area (Å²) >= 11 is 0. The topological polar surface area (TPSA) is 35.5 Å². The molecule has 0 heterocycles. The number of hydrogen-bond donors (Lipinski definition) is 0. The van der Waals surface area contributed by atoms with Crippen molar-refractivity contribution >= 4 is 14.0 Å². The van der Waals surface area contributed by atoms with Crippen molar-refractivity contribution in [1.29, 1.82) is 0 Å². The predicted octanol–water partition coefficient (Wildman–Crippen LogP) is 2.39. The van der Waals surface area contributed by atoms with Crippen LogP contribution >= 0.6 is 0 Å². The van der Waals surface area contributed by atoms with Gasteiger partial charge in [0.15, 0.2) is 0 Å². The first-order chi connectivity index (χ1) is 6.89. The van der Waals surface area contributed by atoms with Gasteiger partial charge in [-0.3, -0.25) is 0 Å². The monoisotopic (exact) mass is 230 g/mol. The Hall–Kier alpha value is -0.613. The third-order valence-corrected chi connectivity index (χ3v) is 4.89. The van der Waals surface area contributed by atoms with Crippen LogP contribution in [0, 0.1) is 0 Å². The fraction of sp³-hybridized carbons (Fsp3) is 0.727. The van der Waals surface area contributed by atoms with E-state index in [1.54, 1.807) is 14.0 Å². The van der Waals surface area contributed by atoms with E-state index in [-0.39, 0.29) is 5.97 Å². The molecule has 0 saturated carbocycles. The van der Waals surface area contributed by atoms with Crippen LogP contribution in [0.3, 0.4) is 0 Å². The Balaban J connectivity index is 3.62. The van der Waals surface area contributed by atoms with Crippen LogP contribution in [0.15, 0.2) is 12.2 Å².